The van der Waals surface area contributed by atoms with Gasteiger partial charge in [-0.05, 0) is 50.6 Å². The molecule has 0 aliphatic carbocycles. The van der Waals surface area contributed by atoms with Crippen LogP contribution in [0.1, 0.15) is 66.2 Å². The van der Waals surface area contributed by atoms with Gasteiger partial charge in [0.2, 0.25) is 5.91 Å². The molecule has 0 spiro atoms. The normalized spacial score (nSPS) is 13.5. The fourth-order valence-electron chi connectivity index (χ4n) is 2.75. The number of amides is 1. The third kappa shape index (κ3) is 11.1. The van der Waals surface area contributed by atoms with Crippen LogP contribution in [0.5, 0.6) is 0 Å². The molecule has 0 saturated carbocycles. The number of allylic oxidation sites excluding steroid dienone is 4. The van der Waals surface area contributed by atoms with E-state index in [0.717, 1.165) is 31.5 Å². The number of nitrogens with one attached hydrogen (secondary N) is 1. The van der Waals surface area contributed by atoms with Gasteiger partial charge in [0.05, 0.1) is 6.54 Å². The molecule has 0 radical (unpaired) electrons. The van der Waals surface area contributed by atoms with Crippen LogP contribution in [0.3, 0.4) is 0 Å². The largest absolute Gasteiger partial charge is 0.380 e. The molecule has 0 rings (SSSR count). The van der Waals surface area contributed by atoms with E-state index in [2.05, 4.69) is 38.0 Å². The Bertz CT molecular complexity index is 454. The van der Waals surface area contributed by atoms with Crippen molar-refractivity contribution in [1.29, 1.82) is 0 Å². The predicted molar refractivity (Wildman–Crippen MR) is 114 cm³/mol. The number of likely N-dealkylation sites (N-methyl/N-ethyl adjacent to an activating group) is 1. The Kier molecular flexibility index (Phi) is 14.8. The fraction of sp³-hybridized carbons (Fsp3) is 0.682. The van der Waals surface area contributed by atoms with E-state index in [1.165, 1.54) is 19.3 Å². The van der Waals surface area contributed by atoms with Gasteiger partial charge in [0, 0.05) is 32.4 Å². The maximum atomic E-state index is 12.6. The average molecular weight is 364 g/mol. The monoisotopic (exact) mass is 363 g/mol. The van der Waals surface area contributed by atoms with Crippen molar-refractivity contribution in [2.45, 2.75) is 72.3 Å². The molecular weight excluding hydrogens is 322 g/mol. The van der Waals surface area contributed by atoms with Gasteiger partial charge in [-0.1, -0.05) is 46.1 Å². The number of carbonyl (C=O) groups is 1. The zero-order valence-corrected chi connectivity index (χ0v) is 17.9. The maximum absolute atomic E-state index is 12.6. The molecule has 26 heavy (non-hydrogen) atoms. The lowest BCUT2D eigenvalue weighted by molar-refractivity contribution is -0.127. The molecule has 0 bridgehead atoms. The number of hydrogen-bond acceptors (Lipinski definition) is 3. The summed E-state index contributed by atoms with van der Waals surface area (Å²) in [7, 11) is 3.91. The summed E-state index contributed by atoms with van der Waals surface area (Å²) < 4.78 is 0. The van der Waals surface area contributed by atoms with Crippen molar-refractivity contribution < 1.29 is 4.79 Å². The van der Waals surface area contributed by atoms with Crippen molar-refractivity contribution in [1.82, 2.24) is 15.1 Å². The van der Waals surface area contributed by atoms with Crippen molar-refractivity contribution in [2.75, 3.05) is 27.2 Å². The van der Waals surface area contributed by atoms with Crippen LogP contribution in [0.4, 0.5) is 0 Å². The molecule has 150 valence electrons. The van der Waals surface area contributed by atoms with Gasteiger partial charge in [0.25, 0.3) is 0 Å². The molecule has 1 atom stereocenters. The third-order valence-corrected chi connectivity index (χ3v) is 4.47. The first kappa shape index (κ1) is 24.5. The van der Waals surface area contributed by atoms with E-state index in [4.69, 9.17) is 0 Å². The first-order valence-corrected chi connectivity index (χ1v) is 10.2. The summed E-state index contributed by atoms with van der Waals surface area (Å²) in [4.78, 5) is 16.4. The minimum absolute atomic E-state index is 0.0959. The minimum atomic E-state index is 0.0959. The zero-order chi connectivity index (χ0) is 19.8. The van der Waals surface area contributed by atoms with Gasteiger partial charge in [-0.25, -0.2) is 0 Å². The molecule has 0 saturated heterocycles. The molecule has 1 unspecified atom stereocenters. The number of hydrogen-bond donors (Lipinski definition) is 1. The van der Waals surface area contributed by atoms with Crippen molar-refractivity contribution in [3.8, 4) is 0 Å². The molecule has 0 heterocycles. The summed E-state index contributed by atoms with van der Waals surface area (Å²) in [6.45, 7) is 9.94. The van der Waals surface area contributed by atoms with Gasteiger partial charge in [0.1, 0.15) is 0 Å². The highest BCUT2D eigenvalue weighted by Gasteiger charge is 2.13. The second-order valence-corrected chi connectivity index (χ2v) is 6.85. The summed E-state index contributed by atoms with van der Waals surface area (Å²) in [6, 6.07) is 0.427. The van der Waals surface area contributed by atoms with E-state index in [1.807, 2.05) is 44.5 Å². The van der Waals surface area contributed by atoms with Crippen LogP contribution in [-0.2, 0) is 4.79 Å². The smallest absolute Gasteiger partial charge is 0.240 e. The Morgan fingerprint density at radius 2 is 1.85 bits per heavy atom. The number of rotatable bonds is 14. The SMILES string of the molecule is C\C=C/C(=C\C=C\N(C)CCC)N(C)C(=O)CNC(CC)CCCCC. The van der Waals surface area contributed by atoms with Gasteiger partial charge in [-0.15, -0.1) is 0 Å². The molecule has 4 nitrogen and oxygen atoms in total. The number of carbonyl (C=O) groups excluding carboxylic acids is 1. The third-order valence-electron chi connectivity index (χ3n) is 4.47. The second-order valence-electron chi connectivity index (χ2n) is 6.85. The van der Waals surface area contributed by atoms with Crippen molar-refractivity contribution in [3.63, 3.8) is 0 Å². The van der Waals surface area contributed by atoms with Crippen molar-refractivity contribution >= 4 is 5.91 Å². The molecule has 0 fully saturated rings. The molecule has 1 amide bonds. The molecule has 1 N–H and O–H groups in total. The van der Waals surface area contributed by atoms with Gasteiger partial charge in [-0.3, -0.25) is 4.79 Å². The lowest BCUT2D eigenvalue weighted by Crippen LogP contribution is -2.39. The standard InChI is InChI=1S/C22H41N3O/c1-7-11-12-15-20(10-4)23-19-22(26)25(6)21(14-8-2)16-13-18-24(5)17-9-3/h8,13-14,16,18,20,23H,7,9-12,15,17,19H2,1-6H3/b14-8-,18-13+,21-16+. The van der Waals surface area contributed by atoms with Crippen LogP contribution in [0, 0.1) is 0 Å². The molecule has 0 aliphatic heterocycles. The van der Waals surface area contributed by atoms with Gasteiger partial charge < -0.3 is 15.1 Å². The van der Waals surface area contributed by atoms with Crippen LogP contribution in [0.15, 0.2) is 36.2 Å². The quantitative estimate of drug-likeness (QED) is 0.359. The topological polar surface area (TPSA) is 35.6 Å². The van der Waals surface area contributed by atoms with Crippen LogP contribution in [0.2, 0.25) is 0 Å². The van der Waals surface area contributed by atoms with E-state index in [0.29, 0.717) is 12.6 Å². The molecular formula is C22H41N3O. The number of unbranched alkanes of at least 4 members (excludes halogenated alkanes) is 2. The first-order valence-electron chi connectivity index (χ1n) is 10.2. The Labute approximate surface area is 162 Å². The minimum Gasteiger partial charge on any atom is -0.380 e. The summed E-state index contributed by atoms with van der Waals surface area (Å²) in [6.07, 6.45) is 17.0. The van der Waals surface area contributed by atoms with Gasteiger partial charge in [0.15, 0.2) is 0 Å². The van der Waals surface area contributed by atoms with Crippen LogP contribution < -0.4 is 5.32 Å². The zero-order valence-electron chi connectivity index (χ0n) is 17.9. The Morgan fingerprint density at radius 3 is 2.42 bits per heavy atom. The average Bonchev–Trinajstić information content (AvgIpc) is 2.63. The fourth-order valence-corrected chi connectivity index (χ4v) is 2.75. The Balaban J connectivity index is 4.70. The first-order chi connectivity index (χ1) is 12.5. The molecule has 0 aliphatic rings. The van der Waals surface area contributed by atoms with Crippen LogP contribution in [-0.4, -0.2) is 48.9 Å². The summed E-state index contributed by atoms with van der Waals surface area (Å²) in [5.41, 5.74) is 0.902. The lowest BCUT2D eigenvalue weighted by atomic mass is 10.1. The Morgan fingerprint density at radius 1 is 1.12 bits per heavy atom. The van der Waals surface area contributed by atoms with E-state index >= 15 is 0 Å². The second kappa shape index (κ2) is 15.7. The van der Waals surface area contributed by atoms with Gasteiger partial charge in [-0.2, -0.15) is 0 Å². The highest BCUT2D eigenvalue weighted by atomic mass is 16.2. The van der Waals surface area contributed by atoms with Crippen LogP contribution in [0.25, 0.3) is 0 Å². The molecule has 0 aromatic carbocycles. The summed E-state index contributed by atoms with van der Waals surface area (Å²) >= 11 is 0. The summed E-state index contributed by atoms with van der Waals surface area (Å²) in [5, 5.41) is 3.43. The maximum Gasteiger partial charge on any atom is 0.240 e. The van der Waals surface area contributed by atoms with Crippen molar-refractivity contribution in [3.05, 3.63) is 36.2 Å². The number of nitrogens with zero attached hydrogens (tertiary/aromatic N) is 2. The van der Waals surface area contributed by atoms with E-state index in [-0.39, 0.29) is 5.91 Å². The lowest BCUT2D eigenvalue weighted by Gasteiger charge is -2.22. The highest BCUT2D eigenvalue weighted by molar-refractivity contribution is 5.80. The highest BCUT2D eigenvalue weighted by Crippen LogP contribution is 2.08. The Hall–Kier alpha value is -1.55. The van der Waals surface area contributed by atoms with E-state index < -0.39 is 0 Å². The van der Waals surface area contributed by atoms with Crippen molar-refractivity contribution in [2.24, 2.45) is 0 Å². The van der Waals surface area contributed by atoms with E-state index in [1.54, 1.807) is 4.90 Å². The molecule has 0 aromatic rings. The van der Waals surface area contributed by atoms with Gasteiger partial charge >= 0.3 is 0 Å². The summed E-state index contributed by atoms with van der Waals surface area (Å²) in [5.74, 6) is 0.0959. The molecule has 4 heteroatoms. The predicted octanol–water partition coefficient (Wildman–Crippen LogP) is 4.71. The van der Waals surface area contributed by atoms with Crippen LogP contribution >= 0.6 is 0 Å². The molecule has 0 aromatic heterocycles. The van der Waals surface area contributed by atoms with E-state index in [9.17, 15) is 4.79 Å².